The van der Waals surface area contributed by atoms with E-state index in [9.17, 15) is 0 Å². The van der Waals surface area contributed by atoms with Crippen LogP contribution in [0.15, 0.2) is 12.3 Å². The zero-order valence-corrected chi connectivity index (χ0v) is 10.6. The van der Waals surface area contributed by atoms with Gasteiger partial charge in [-0.2, -0.15) is 0 Å². The number of aryl methyl sites for hydroxylation is 1. The maximum Gasteiger partial charge on any atom is 0.177 e. The van der Waals surface area contributed by atoms with Gasteiger partial charge < -0.3 is 4.98 Å². The van der Waals surface area contributed by atoms with Crippen LogP contribution >= 0.6 is 0 Å². The number of aromatic nitrogens is 3. The molecule has 17 heavy (non-hydrogen) atoms. The van der Waals surface area contributed by atoms with Gasteiger partial charge in [0.15, 0.2) is 5.65 Å². The topological polar surface area (TPSA) is 41.6 Å². The number of hydrogen-bond acceptors (Lipinski definition) is 2. The van der Waals surface area contributed by atoms with Crippen molar-refractivity contribution in [3.63, 3.8) is 0 Å². The molecule has 3 heteroatoms. The molecule has 0 spiro atoms. The molecule has 1 aliphatic rings. The van der Waals surface area contributed by atoms with E-state index in [0.29, 0.717) is 0 Å². The van der Waals surface area contributed by atoms with Gasteiger partial charge in [0.05, 0.1) is 5.52 Å². The minimum absolute atomic E-state index is 0.228. The summed E-state index contributed by atoms with van der Waals surface area (Å²) < 4.78 is 0. The first kappa shape index (κ1) is 10.8. The van der Waals surface area contributed by atoms with Gasteiger partial charge in [-0.05, 0) is 31.4 Å². The summed E-state index contributed by atoms with van der Waals surface area (Å²) >= 11 is 0. The van der Waals surface area contributed by atoms with Gasteiger partial charge in [0.1, 0.15) is 5.82 Å². The van der Waals surface area contributed by atoms with Crippen molar-refractivity contribution in [3.8, 4) is 0 Å². The molecule has 2 aromatic heterocycles. The first-order valence-corrected chi connectivity index (χ1v) is 6.51. The molecule has 1 N–H and O–H groups in total. The monoisotopic (exact) mass is 229 g/mol. The predicted octanol–water partition coefficient (Wildman–Crippen LogP) is 3.49. The van der Waals surface area contributed by atoms with Crippen molar-refractivity contribution < 1.29 is 0 Å². The Balaban J connectivity index is 2.08. The number of pyridine rings is 1. The van der Waals surface area contributed by atoms with E-state index >= 15 is 0 Å². The predicted molar refractivity (Wildman–Crippen MR) is 69.1 cm³/mol. The number of hydrogen-bond donors (Lipinski definition) is 1. The van der Waals surface area contributed by atoms with E-state index in [1.54, 1.807) is 0 Å². The van der Waals surface area contributed by atoms with Gasteiger partial charge in [-0.3, -0.25) is 0 Å². The molecule has 3 nitrogen and oxygen atoms in total. The van der Waals surface area contributed by atoms with Crippen molar-refractivity contribution in [3.05, 3.63) is 23.7 Å². The third kappa shape index (κ3) is 1.74. The fourth-order valence-electron chi connectivity index (χ4n) is 2.89. The molecular formula is C14H19N3. The van der Waals surface area contributed by atoms with Crippen LogP contribution in [-0.2, 0) is 5.41 Å². The summed E-state index contributed by atoms with van der Waals surface area (Å²) in [6.07, 6.45) is 8.33. The number of nitrogens with zero attached hydrogens (tertiary/aromatic N) is 2. The average Bonchev–Trinajstić information content (AvgIpc) is 2.76. The number of H-pyrrole nitrogens is 1. The second-order valence-corrected chi connectivity index (χ2v) is 5.53. The first-order valence-electron chi connectivity index (χ1n) is 6.51. The SMILES string of the molecule is Cc1ccnc2nc(C3(C)CCCCC3)[nH]c12. The van der Waals surface area contributed by atoms with Gasteiger partial charge in [0, 0.05) is 11.6 Å². The lowest BCUT2D eigenvalue weighted by Crippen LogP contribution is -2.26. The third-order valence-corrected chi connectivity index (χ3v) is 4.13. The minimum Gasteiger partial charge on any atom is -0.340 e. The summed E-state index contributed by atoms with van der Waals surface area (Å²) in [6.45, 7) is 4.44. The summed E-state index contributed by atoms with van der Waals surface area (Å²) in [5.74, 6) is 1.13. The van der Waals surface area contributed by atoms with E-state index in [1.165, 1.54) is 37.7 Å². The Morgan fingerprint density at radius 2 is 2.00 bits per heavy atom. The maximum absolute atomic E-state index is 4.70. The molecule has 0 aliphatic heterocycles. The second-order valence-electron chi connectivity index (χ2n) is 5.53. The van der Waals surface area contributed by atoms with E-state index < -0.39 is 0 Å². The zero-order chi connectivity index (χ0) is 11.9. The van der Waals surface area contributed by atoms with Crippen LogP contribution in [-0.4, -0.2) is 15.0 Å². The van der Waals surface area contributed by atoms with Crippen LogP contribution in [0, 0.1) is 6.92 Å². The normalized spacial score (nSPS) is 19.6. The molecule has 0 radical (unpaired) electrons. The quantitative estimate of drug-likeness (QED) is 0.813. The van der Waals surface area contributed by atoms with Crippen molar-refractivity contribution in [2.45, 2.75) is 51.4 Å². The van der Waals surface area contributed by atoms with Crippen molar-refractivity contribution >= 4 is 11.2 Å². The zero-order valence-electron chi connectivity index (χ0n) is 10.6. The molecule has 0 unspecified atom stereocenters. The molecule has 1 aliphatic carbocycles. The average molecular weight is 229 g/mol. The van der Waals surface area contributed by atoms with Crippen LogP contribution < -0.4 is 0 Å². The van der Waals surface area contributed by atoms with Crippen molar-refractivity contribution in [2.24, 2.45) is 0 Å². The molecule has 0 bridgehead atoms. The smallest absolute Gasteiger partial charge is 0.177 e. The number of aromatic amines is 1. The molecule has 0 atom stereocenters. The fraction of sp³-hybridized carbons (Fsp3) is 0.571. The Hall–Kier alpha value is -1.38. The van der Waals surface area contributed by atoms with Gasteiger partial charge in [0.25, 0.3) is 0 Å². The van der Waals surface area contributed by atoms with Gasteiger partial charge in [-0.1, -0.05) is 26.2 Å². The Kier molecular flexibility index (Phi) is 2.42. The van der Waals surface area contributed by atoms with Crippen molar-refractivity contribution in [2.75, 3.05) is 0 Å². The number of fused-ring (bicyclic) bond motifs is 1. The second kappa shape index (κ2) is 3.83. The standard InChI is InChI=1S/C14H19N3/c1-10-6-9-15-12-11(10)16-13(17-12)14(2)7-4-3-5-8-14/h6,9H,3-5,7-8H2,1-2H3,(H,15,16,17). The maximum atomic E-state index is 4.70. The largest absolute Gasteiger partial charge is 0.340 e. The van der Waals surface area contributed by atoms with Crippen molar-refractivity contribution in [1.82, 2.24) is 15.0 Å². The van der Waals surface area contributed by atoms with Gasteiger partial charge in [0.2, 0.25) is 0 Å². The number of nitrogens with one attached hydrogen (secondary N) is 1. The first-order chi connectivity index (χ1) is 8.19. The Morgan fingerprint density at radius 3 is 2.71 bits per heavy atom. The van der Waals surface area contributed by atoms with Crippen LogP contribution in [0.1, 0.15) is 50.4 Å². The fourth-order valence-corrected chi connectivity index (χ4v) is 2.89. The summed E-state index contributed by atoms with van der Waals surface area (Å²) in [7, 11) is 0. The Bertz CT molecular complexity index is 535. The molecule has 0 aromatic carbocycles. The van der Waals surface area contributed by atoms with Crippen LogP contribution in [0.25, 0.3) is 11.2 Å². The summed E-state index contributed by atoms with van der Waals surface area (Å²) in [5.41, 5.74) is 3.43. The molecule has 3 rings (SSSR count). The van der Waals surface area contributed by atoms with Gasteiger partial charge >= 0.3 is 0 Å². The lowest BCUT2D eigenvalue weighted by atomic mass is 9.75. The summed E-state index contributed by atoms with van der Waals surface area (Å²) in [4.78, 5) is 12.5. The Labute approximate surface area is 102 Å². The highest BCUT2D eigenvalue weighted by Gasteiger charge is 2.31. The van der Waals surface area contributed by atoms with Crippen LogP contribution in [0.5, 0.6) is 0 Å². The summed E-state index contributed by atoms with van der Waals surface area (Å²) in [6, 6.07) is 2.04. The van der Waals surface area contributed by atoms with Crippen LogP contribution in [0.2, 0.25) is 0 Å². The van der Waals surface area contributed by atoms with Gasteiger partial charge in [-0.15, -0.1) is 0 Å². The van der Waals surface area contributed by atoms with Crippen LogP contribution in [0.3, 0.4) is 0 Å². The van der Waals surface area contributed by atoms with E-state index in [4.69, 9.17) is 4.98 Å². The van der Waals surface area contributed by atoms with E-state index in [1.807, 2.05) is 12.3 Å². The Morgan fingerprint density at radius 1 is 1.24 bits per heavy atom. The summed E-state index contributed by atoms with van der Waals surface area (Å²) in [5, 5.41) is 0. The molecular weight excluding hydrogens is 210 g/mol. The van der Waals surface area contributed by atoms with Crippen LogP contribution in [0.4, 0.5) is 0 Å². The van der Waals surface area contributed by atoms with Crippen molar-refractivity contribution in [1.29, 1.82) is 0 Å². The van der Waals surface area contributed by atoms with E-state index in [2.05, 4.69) is 23.8 Å². The molecule has 90 valence electrons. The number of rotatable bonds is 1. The molecule has 1 saturated carbocycles. The molecule has 0 saturated heterocycles. The van der Waals surface area contributed by atoms with E-state index in [-0.39, 0.29) is 5.41 Å². The highest BCUT2D eigenvalue weighted by atomic mass is 15.0. The van der Waals surface area contributed by atoms with Gasteiger partial charge in [-0.25, -0.2) is 9.97 Å². The molecule has 2 heterocycles. The lowest BCUT2D eigenvalue weighted by Gasteiger charge is -2.31. The highest BCUT2D eigenvalue weighted by molar-refractivity contribution is 5.74. The minimum atomic E-state index is 0.228. The lowest BCUT2D eigenvalue weighted by molar-refractivity contribution is 0.306. The number of imidazole rings is 1. The third-order valence-electron chi connectivity index (χ3n) is 4.13. The molecule has 1 fully saturated rings. The van der Waals surface area contributed by atoms with E-state index in [0.717, 1.165) is 17.0 Å². The highest BCUT2D eigenvalue weighted by Crippen LogP contribution is 2.38. The molecule has 0 amide bonds. The molecule has 2 aromatic rings.